The Kier molecular flexibility index (Phi) is 6.05. The van der Waals surface area contributed by atoms with E-state index in [4.69, 9.17) is 0 Å². The Hall–Kier alpha value is -3.42. The monoisotopic (exact) mass is 341 g/mol. The van der Waals surface area contributed by atoms with E-state index in [1.165, 1.54) is 18.2 Å². The van der Waals surface area contributed by atoms with Crippen LogP contribution in [-0.2, 0) is 16.1 Å². The highest BCUT2D eigenvalue weighted by molar-refractivity contribution is 5.97. The molecule has 0 aliphatic carbocycles. The number of aromatic nitrogens is 1. The van der Waals surface area contributed by atoms with Crippen LogP contribution in [0.5, 0.6) is 0 Å². The van der Waals surface area contributed by atoms with Gasteiger partial charge >= 0.3 is 0 Å². The molecule has 25 heavy (non-hydrogen) atoms. The second kappa shape index (κ2) is 8.44. The Morgan fingerprint density at radius 1 is 1.08 bits per heavy atom. The number of carboxylic acids is 2. The first-order valence-electron chi connectivity index (χ1n) is 7.43. The first kappa shape index (κ1) is 17.9. The van der Waals surface area contributed by atoms with Gasteiger partial charge in [-0.3, -0.25) is 9.78 Å². The van der Waals surface area contributed by atoms with Gasteiger partial charge < -0.3 is 30.4 Å². The molecular weight excluding hydrogens is 326 g/mol. The van der Waals surface area contributed by atoms with E-state index in [1.807, 2.05) is 6.07 Å². The number of carbonyl (C=O) groups is 3. The lowest BCUT2D eigenvalue weighted by Crippen LogP contribution is -2.25. The molecule has 0 saturated heterocycles. The smallest absolute Gasteiger partial charge is 0.224 e. The molecular formula is C17H15N3O5-2. The summed E-state index contributed by atoms with van der Waals surface area (Å²) >= 11 is 0. The van der Waals surface area contributed by atoms with Gasteiger partial charge in [-0.05, 0) is 36.2 Å². The summed E-state index contributed by atoms with van der Waals surface area (Å²) in [5, 5.41) is 27.1. The Balaban J connectivity index is 2.07. The first-order chi connectivity index (χ1) is 12.0. The third-order valence-electron chi connectivity index (χ3n) is 3.29. The number of carbonyl (C=O) groups excluding carboxylic acids is 3. The predicted octanol–water partition coefficient (Wildman–Crippen LogP) is -0.474. The minimum absolute atomic E-state index is 0.124. The molecule has 2 N–H and O–H groups in total. The van der Waals surface area contributed by atoms with Gasteiger partial charge in [0.1, 0.15) is 0 Å². The molecule has 0 bridgehead atoms. The van der Waals surface area contributed by atoms with E-state index in [0.29, 0.717) is 12.2 Å². The van der Waals surface area contributed by atoms with Crippen molar-refractivity contribution >= 4 is 29.2 Å². The van der Waals surface area contributed by atoms with E-state index in [9.17, 15) is 24.6 Å². The predicted molar refractivity (Wildman–Crippen MR) is 85.2 cm³/mol. The molecule has 0 radical (unpaired) electrons. The van der Waals surface area contributed by atoms with Gasteiger partial charge in [-0.1, -0.05) is 6.07 Å². The van der Waals surface area contributed by atoms with Gasteiger partial charge in [0.05, 0.1) is 5.97 Å². The molecule has 0 spiro atoms. The largest absolute Gasteiger partial charge is 0.550 e. The normalized spacial score (nSPS) is 10.1. The average molecular weight is 341 g/mol. The third-order valence-corrected chi connectivity index (χ3v) is 3.29. The fraction of sp³-hybridized carbons (Fsp3) is 0.176. The maximum absolute atomic E-state index is 11.6. The summed E-state index contributed by atoms with van der Waals surface area (Å²) in [7, 11) is 0. The van der Waals surface area contributed by atoms with Gasteiger partial charge in [0.2, 0.25) is 5.91 Å². The molecule has 130 valence electrons. The van der Waals surface area contributed by atoms with Gasteiger partial charge in [0, 0.05) is 48.3 Å². The van der Waals surface area contributed by atoms with Crippen molar-refractivity contribution in [2.45, 2.75) is 19.4 Å². The topological polar surface area (TPSA) is 134 Å². The van der Waals surface area contributed by atoms with E-state index < -0.39 is 24.3 Å². The summed E-state index contributed by atoms with van der Waals surface area (Å²) in [4.78, 5) is 37.2. The van der Waals surface area contributed by atoms with E-state index in [2.05, 4.69) is 15.6 Å². The molecule has 0 fully saturated rings. The number of hydrogen-bond acceptors (Lipinski definition) is 7. The number of benzene rings is 1. The molecule has 2 aromatic rings. The lowest BCUT2D eigenvalue weighted by molar-refractivity contribution is -0.305. The average Bonchev–Trinajstić information content (AvgIpc) is 2.59. The molecule has 1 amide bonds. The number of carboxylic acid groups (broad SMARTS) is 2. The molecule has 2 rings (SSSR count). The van der Waals surface area contributed by atoms with Gasteiger partial charge in [0.15, 0.2) is 0 Å². The number of hydrogen-bond donors (Lipinski definition) is 2. The SMILES string of the molecule is O=C([O-])CCC(=O)Nc1ccc(NCc2cccnc2)c(C(=O)[O-])c1. The van der Waals surface area contributed by atoms with Crippen molar-refractivity contribution in [1.29, 1.82) is 0 Å². The molecule has 0 unspecified atom stereocenters. The number of nitrogens with zero attached hydrogens (tertiary/aromatic N) is 1. The fourth-order valence-electron chi connectivity index (χ4n) is 2.08. The Morgan fingerprint density at radius 2 is 1.88 bits per heavy atom. The minimum atomic E-state index is -1.40. The van der Waals surface area contributed by atoms with Crippen molar-refractivity contribution in [3.63, 3.8) is 0 Å². The Bertz CT molecular complexity index is 777. The Morgan fingerprint density at radius 3 is 2.52 bits per heavy atom. The minimum Gasteiger partial charge on any atom is -0.550 e. The zero-order valence-electron chi connectivity index (χ0n) is 13.2. The summed E-state index contributed by atoms with van der Waals surface area (Å²) in [6.07, 6.45) is 2.61. The molecule has 0 aliphatic heterocycles. The molecule has 8 nitrogen and oxygen atoms in total. The van der Waals surface area contributed by atoms with Gasteiger partial charge in [-0.15, -0.1) is 0 Å². The van der Waals surface area contributed by atoms with Crippen molar-refractivity contribution < 1.29 is 24.6 Å². The third kappa shape index (κ3) is 5.61. The summed E-state index contributed by atoms with van der Waals surface area (Å²) in [5.74, 6) is -3.29. The number of anilines is 2. The summed E-state index contributed by atoms with van der Waals surface area (Å²) in [5.41, 5.74) is 1.30. The number of aromatic carboxylic acids is 1. The standard InChI is InChI=1S/C17H17N3O5/c21-15(5-6-16(22)23)20-12-3-4-14(13(8-12)17(24)25)19-10-11-2-1-7-18-9-11/h1-4,7-9,19H,5-6,10H2,(H,20,21)(H,22,23)(H,24,25)/p-2. The highest BCUT2D eigenvalue weighted by Crippen LogP contribution is 2.21. The van der Waals surface area contributed by atoms with Crippen molar-refractivity contribution in [2.75, 3.05) is 10.6 Å². The van der Waals surface area contributed by atoms with Crippen molar-refractivity contribution in [1.82, 2.24) is 4.98 Å². The summed E-state index contributed by atoms with van der Waals surface area (Å²) in [6.45, 7) is 0.367. The van der Waals surface area contributed by atoms with Crippen molar-refractivity contribution in [3.05, 3.63) is 53.9 Å². The van der Waals surface area contributed by atoms with Crippen LogP contribution in [-0.4, -0.2) is 22.8 Å². The molecule has 8 heteroatoms. The van der Waals surface area contributed by atoms with Crippen LogP contribution in [0.2, 0.25) is 0 Å². The lowest BCUT2D eigenvalue weighted by Gasteiger charge is -2.15. The zero-order valence-corrected chi connectivity index (χ0v) is 13.2. The molecule has 0 atom stereocenters. The maximum Gasteiger partial charge on any atom is 0.224 e. The summed E-state index contributed by atoms with van der Waals surface area (Å²) < 4.78 is 0. The van der Waals surface area contributed by atoms with Crippen LogP contribution in [0.1, 0.15) is 28.8 Å². The second-order valence-electron chi connectivity index (χ2n) is 5.18. The first-order valence-corrected chi connectivity index (χ1v) is 7.43. The van der Waals surface area contributed by atoms with E-state index in [1.54, 1.807) is 18.5 Å². The van der Waals surface area contributed by atoms with Crippen molar-refractivity contribution in [2.24, 2.45) is 0 Å². The summed E-state index contributed by atoms with van der Waals surface area (Å²) in [6, 6.07) is 7.86. The number of amides is 1. The number of pyridine rings is 1. The molecule has 1 aromatic carbocycles. The van der Waals surface area contributed by atoms with Crippen molar-refractivity contribution in [3.8, 4) is 0 Å². The van der Waals surface area contributed by atoms with E-state index in [0.717, 1.165) is 5.56 Å². The number of aliphatic carboxylic acids is 1. The lowest BCUT2D eigenvalue weighted by atomic mass is 10.1. The Labute approximate surface area is 143 Å². The van der Waals surface area contributed by atoms with Crippen LogP contribution in [0.25, 0.3) is 0 Å². The van der Waals surface area contributed by atoms with Crippen LogP contribution >= 0.6 is 0 Å². The van der Waals surface area contributed by atoms with Crippen LogP contribution in [0.4, 0.5) is 11.4 Å². The van der Waals surface area contributed by atoms with Gasteiger partial charge in [-0.2, -0.15) is 0 Å². The highest BCUT2D eigenvalue weighted by Gasteiger charge is 2.08. The highest BCUT2D eigenvalue weighted by atomic mass is 16.4. The number of rotatable bonds is 8. The maximum atomic E-state index is 11.6. The van der Waals surface area contributed by atoms with E-state index in [-0.39, 0.29) is 17.7 Å². The molecule has 0 saturated carbocycles. The van der Waals surface area contributed by atoms with Crippen LogP contribution < -0.4 is 20.8 Å². The fourth-order valence-corrected chi connectivity index (χ4v) is 2.08. The van der Waals surface area contributed by atoms with Crippen LogP contribution in [0.15, 0.2) is 42.7 Å². The quantitative estimate of drug-likeness (QED) is 0.662. The van der Waals surface area contributed by atoms with Gasteiger partial charge in [0.25, 0.3) is 0 Å². The second-order valence-corrected chi connectivity index (χ2v) is 5.18. The van der Waals surface area contributed by atoms with Gasteiger partial charge in [-0.25, -0.2) is 0 Å². The number of nitrogens with one attached hydrogen (secondary N) is 2. The molecule has 0 aliphatic rings. The van der Waals surface area contributed by atoms with E-state index >= 15 is 0 Å². The molecule has 1 heterocycles. The van der Waals surface area contributed by atoms with Crippen LogP contribution in [0, 0.1) is 0 Å². The molecule has 1 aromatic heterocycles. The zero-order chi connectivity index (χ0) is 18.2. The van der Waals surface area contributed by atoms with Crippen LogP contribution in [0.3, 0.4) is 0 Å².